The SMILES string of the molecule is OCCOCC(F)(F)OC(F)(F)C(F)(F)OC(F)(F)C(F)(F)OC(F)(F)COCCCCCCCCCCCS. The molecule has 0 bridgehead atoms. The normalized spacial score (nSPS) is 14.2. The van der Waals surface area contributed by atoms with E-state index in [0.29, 0.717) is 12.8 Å². The van der Waals surface area contributed by atoms with Crippen molar-refractivity contribution in [2.75, 3.05) is 38.8 Å². The fourth-order valence-electron chi connectivity index (χ4n) is 2.83. The fourth-order valence-corrected chi connectivity index (χ4v) is 3.06. The van der Waals surface area contributed by atoms with Gasteiger partial charge in [-0.2, -0.15) is 65.3 Å². The molecule has 0 spiro atoms. The third-order valence-electron chi connectivity index (χ3n) is 4.71. The predicted molar refractivity (Wildman–Crippen MR) is 117 cm³/mol. The summed E-state index contributed by atoms with van der Waals surface area (Å²) in [5, 5.41) is 8.32. The highest BCUT2D eigenvalue weighted by Gasteiger charge is 2.74. The zero-order chi connectivity index (χ0) is 31.1. The largest absolute Gasteiger partial charge is 0.453 e. The van der Waals surface area contributed by atoms with Gasteiger partial charge in [0.1, 0.15) is 13.2 Å². The van der Waals surface area contributed by atoms with E-state index in [0.717, 1.165) is 44.3 Å². The zero-order valence-corrected chi connectivity index (χ0v) is 22.0. The average molecular weight is 641 g/mol. The van der Waals surface area contributed by atoms with E-state index in [1.54, 1.807) is 0 Å². The topological polar surface area (TPSA) is 66.4 Å². The number of aliphatic hydroxyl groups excluding tert-OH is 1. The van der Waals surface area contributed by atoms with E-state index in [9.17, 15) is 52.7 Å². The number of aliphatic hydroxyl groups is 1. The Hall–Kier alpha value is -0.730. The van der Waals surface area contributed by atoms with Crippen LogP contribution in [-0.2, 0) is 23.7 Å². The third kappa shape index (κ3) is 15.5. The second kappa shape index (κ2) is 17.4. The molecule has 0 aliphatic heterocycles. The summed E-state index contributed by atoms with van der Waals surface area (Å²) < 4.78 is 177. The van der Waals surface area contributed by atoms with Crippen LogP contribution in [0.4, 0.5) is 52.7 Å². The van der Waals surface area contributed by atoms with Crippen molar-refractivity contribution in [2.45, 2.75) is 94.4 Å². The molecule has 0 aliphatic carbocycles. The number of hydrogen-bond acceptors (Lipinski definition) is 7. The predicted octanol–water partition coefficient (Wildman–Crippen LogP) is 7.06. The van der Waals surface area contributed by atoms with Gasteiger partial charge in [-0.3, -0.25) is 0 Å². The molecule has 0 aliphatic rings. The van der Waals surface area contributed by atoms with Gasteiger partial charge in [0, 0.05) is 6.61 Å². The molecule has 0 atom stereocenters. The first-order valence-corrected chi connectivity index (χ1v) is 12.6. The molecule has 6 nitrogen and oxygen atoms in total. The lowest BCUT2D eigenvalue weighted by Gasteiger charge is -2.34. The molecule has 0 fully saturated rings. The number of unbranched alkanes of at least 4 members (excludes halogenated alkanes) is 8. The molecule has 0 saturated heterocycles. The van der Waals surface area contributed by atoms with Gasteiger partial charge in [-0.25, -0.2) is 14.2 Å². The summed E-state index contributed by atoms with van der Waals surface area (Å²) in [5.41, 5.74) is 0. The van der Waals surface area contributed by atoms with E-state index in [1.165, 1.54) is 0 Å². The number of ether oxygens (including phenoxy) is 5. The van der Waals surface area contributed by atoms with Crippen LogP contribution < -0.4 is 0 Å². The summed E-state index contributed by atoms with van der Waals surface area (Å²) in [6, 6.07) is 0. The van der Waals surface area contributed by atoms with Crippen molar-refractivity contribution in [1.82, 2.24) is 0 Å². The highest BCUT2D eigenvalue weighted by atomic mass is 32.1. The lowest BCUT2D eigenvalue weighted by molar-refractivity contribution is -0.558. The lowest BCUT2D eigenvalue weighted by Crippen LogP contribution is -2.58. The smallest absolute Gasteiger partial charge is 0.394 e. The fraction of sp³-hybridized carbons (Fsp3) is 1.00. The first-order valence-electron chi connectivity index (χ1n) is 12.0. The minimum atomic E-state index is -6.93. The first-order chi connectivity index (χ1) is 18.2. The van der Waals surface area contributed by atoms with Crippen molar-refractivity contribution < 1.29 is 81.5 Å². The molecule has 0 radical (unpaired) electrons. The molecule has 0 saturated carbocycles. The highest BCUT2D eigenvalue weighted by Crippen LogP contribution is 2.48. The van der Waals surface area contributed by atoms with Crippen LogP contribution in [0.15, 0.2) is 0 Å². The van der Waals surface area contributed by atoms with Gasteiger partial charge in [-0.1, -0.05) is 44.9 Å². The van der Waals surface area contributed by atoms with Crippen molar-refractivity contribution >= 4 is 12.6 Å². The molecule has 0 aromatic rings. The van der Waals surface area contributed by atoms with Crippen LogP contribution >= 0.6 is 12.6 Å². The summed E-state index contributed by atoms with van der Waals surface area (Å²) in [6.45, 7) is -6.50. The Labute approximate surface area is 228 Å². The van der Waals surface area contributed by atoms with Gasteiger partial charge < -0.3 is 14.6 Å². The van der Waals surface area contributed by atoms with Gasteiger partial charge in [0.05, 0.1) is 13.2 Å². The van der Waals surface area contributed by atoms with Crippen LogP contribution in [0, 0.1) is 0 Å². The molecular formula is C21H32F12O6S. The van der Waals surface area contributed by atoms with E-state index in [2.05, 4.69) is 31.6 Å². The van der Waals surface area contributed by atoms with Gasteiger partial charge in [0.15, 0.2) is 0 Å². The molecule has 0 aromatic heterocycles. The van der Waals surface area contributed by atoms with E-state index in [-0.39, 0.29) is 6.42 Å². The van der Waals surface area contributed by atoms with E-state index in [4.69, 9.17) is 5.11 Å². The number of rotatable bonds is 25. The summed E-state index contributed by atoms with van der Waals surface area (Å²) in [7, 11) is 0. The number of halogens is 12. The van der Waals surface area contributed by atoms with Crippen molar-refractivity contribution in [1.29, 1.82) is 0 Å². The molecule has 242 valence electrons. The van der Waals surface area contributed by atoms with Crippen LogP contribution in [0.5, 0.6) is 0 Å². The van der Waals surface area contributed by atoms with Gasteiger partial charge >= 0.3 is 36.7 Å². The van der Waals surface area contributed by atoms with E-state index >= 15 is 0 Å². The monoisotopic (exact) mass is 640 g/mol. The zero-order valence-electron chi connectivity index (χ0n) is 21.1. The molecule has 40 heavy (non-hydrogen) atoms. The van der Waals surface area contributed by atoms with Crippen LogP contribution in [0.25, 0.3) is 0 Å². The number of hydrogen-bond donors (Lipinski definition) is 2. The molecule has 1 N–H and O–H groups in total. The highest BCUT2D eigenvalue weighted by molar-refractivity contribution is 7.80. The second-order valence-electron chi connectivity index (χ2n) is 8.38. The quantitative estimate of drug-likeness (QED) is 0.0633. The Morgan fingerprint density at radius 1 is 0.450 bits per heavy atom. The molecule has 0 aromatic carbocycles. The molecule has 0 unspecified atom stereocenters. The molecule has 0 heterocycles. The van der Waals surface area contributed by atoms with Crippen LogP contribution in [0.1, 0.15) is 57.8 Å². The van der Waals surface area contributed by atoms with Crippen molar-refractivity contribution in [3.05, 3.63) is 0 Å². The molecule has 0 rings (SSSR count). The molecular weight excluding hydrogens is 608 g/mol. The minimum absolute atomic E-state index is 0.183. The Bertz CT molecular complexity index is 689. The summed E-state index contributed by atoms with van der Waals surface area (Å²) in [6.07, 6.45) is -30.5. The number of thiol groups is 1. The van der Waals surface area contributed by atoms with Crippen LogP contribution in [0.3, 0.4) is 0 Å². The first kappa shape index (κ1) is 39.3. The summed E-state index contributed by atoms with van der Waals surface area (Å²) >= 11 is 4.09. The van der Waals surface area contributed by atoms with Gasteiger partial charge in [-0.05, 0) is 18.6 Å². The van der Waals surface area contributed by atoms with Gasteiger partial charge in [-0.15, -0.1) is 0 Å². The third-order valence-corrected chi connectivity index (χ3v) is 5.03. The van der Waals surface area contributed by atoms with Crippen LogP contribution in [0.2, 0.25) is 0 Å². The summed E-state index contributed by atoms with van der Waals surface area (Å²) in [5.74, 6) is 0.802. The van der Waals surface area contributed by atoms with Crippen molar-refractivity contribution in [3.63, 3.8) is 0 Å². The Morgan fingerprint density at radius 2 is 0.775 bits per heavy atom. The maximum Gasteiger partial charge on any atom is 0.453 e. The lowest BCUT2D eigenvalue weighted by atomic mass is 10.1. The maximum atomic E-state index is 13.6. The summed E-state index contributed by atoms with van der Waals surface area (Å²) in [4.78, 5) is 0. The Morgan fingerprint density at radius 3 is 1.15 bits per heavy atom. The number of alkyl halides is 12. The molecule has 19 heteroatoms. The Kier molecular flexibility index (Phi) is 17.1. The average Bonchev–Trinajstić information content (AvgIpc) is 2.77. The standard InChI is InChI=1S/C21H32F12O6S/c22-16(23,14-35-11-8-6-4-2-1-3-5-7-9-13-40)37-18(26,27)20(30,31)39-21(32,33)19(28,29)38-17(24,25)15-36-12-10-34/h34,40H,1-15H2. The maximum absolute atomic E-state index is 13.6. The minimum Gasteiger partial charge on any atom is -0.394 e. The second-order valence-corrected chi connectivity index (χ2v) is 8.83. The Balaban J connectivity index is 4.75. The van der Waals surface area contributed by atoms with E-state index in [1.807, 2.05) is 4.74 Å². The van der Waals surface area contributed by atoms with Gasteiger partial charge in [0.25, 0.3) is 0 Å². The van der Waals surface area contributed by atoms with Crippen molar-refractivity contribution in [3.8, 4) is 0 Å². The molecule has 0 amide bonds. The van der Waals surface area contributed by atoms with E-state index < -0.39 is 69.7 Å². The van der Waals surface area contributed by atoms with Crippen molar-refractivity contribution in [2.24, 2.45) is 0 Å². The van der Waals surface area contributed by atoms with Crippen LogP contribution in [-0.4, -0.2) is 80.5 Å². The van der Waals surface area contributed by atoms with Gasteiger partial charge in [0.2, 0.25) is 0 Å².